The quantitative estimate of drug-likeness (QED) is 0.421. The number of carboxylic acid groups (broad SMARTS) is 1. The van der Waals surface area contributed by atoms with Crippen molar-refractivity contribution in [1.82, 2.24) is 0 Å². The number of carbonyl (C=O) groups is 1. The second kappa shape index (κ2) is 5.08. The first kappa shape index (κ1) is 11.4. The third-order valence-corrected chi connectivity index (χ3v) is 1.87. The van der Waals surface area contributed by atoms with Crippen LogP contribution in [0, 0.1) is 5.92 Å². The number of aliphatic carboxylic acids is 1. The van der Waals surface area contributed by atoms with E-state index >= 15 is 0 Å². The summed E-state index contributed by atoms with van der Waals surface area (Å²) in [4.78, 5) is 10.4. The van der Waals surface area contributed by atoms with Gasteiger partial charge in [-0.1, -0.05) is 6.92 Å². The van der Waals surface area contributed by atoms with E-state index in [0.29, 0.717) is 6.42 Å². The summed E-state index contributed by atoms with van der Waals surface area (Å²) in [5.74, 6) is -1.99. The Morgan fingerprint density at radius 1 is 1.58 bits per heavy atom. The van der Waals surface area contributed by atoms with Gasteiger partial charge in [-0.2, -0.15) is 0 Å². The van der Waals surface area contributed by atoms with Gasteiger partial charge in [0.1, 0.15) is 6.04 Å². The Morgan fingerprint density at radius 2 is 2.08 bits per heavy atom. The molecule has 0 aromatic carbocycles. The highest BCUT2D eigenvalue weighted by Crippen LogP contribution is 2.10. The maximum absolute atomic E-state index is 10.4. The molecule has 0 amide bonds. The fraction of sp³-hybridized carbons (Fsp3) is 0.857. The Bertz CT molecular complexity index is 150. The van der Waals surface area contributed by atoms with Crippen LogP contribution < -0.4 is 5.73 Å². The summed E-state index contributed by atoms with van der Waals surface area (Å²) >= 11 is 0. The van der Waals surface area contributed by atoms with E-state index in [9.17, 15) is 9.90 Å². The molecule has 0 radical (unpaired) electrons. The Morgan fingerprint density at radius 3 is 2.33 bits per heavy atom. The molecule has 0 aliphatic heterocycles. The van der Waals surface area contributed by atoms with E-state index in [1.807, 2.05) is 0 Å². The minimum Gasteiger partial charge on any atom is -0.480 e. The van der Waals surface area contributed by atoms with Gasteiger partial charge in [0.05, 0.1) is 12.7 Å². The number of aliphatic hydroxyl groups excluding tert-OH is 2. The number of hydrogen-bond donors (Lipinski definition) is 4. The fourth-order valence-corrected chi connectivity index (χ4v) is 0.960. The average Bonchev–Trinajstić information content (AvgIpc) is 2.05. The monoisotopic (exact) mass is 177 g/mol. The molecule has 0 heterocycles. The summed E-state index contributed by atoms with van der Waals surface area (Å²) < 4.78 is 0. The minimum absolute atomic E-state index is 0.381. The Balaban J connectivity index is 4.23. The maximum Gasteiger partial charge on any atom is 0.320 e. The van der Waals surface area contributed by atoms with Crippen LogP contribution in [0.25, 0.3) is 0 Å². The van der Waals surface area contributed by atoms with Crippen LogP contribution in [0.1, 0.15) is 13.3 Å². The largest absolute Gasteiger partial charge is 0.480 e. The molecule has 0 saturated heterocycles. The Hall–Kier alpha value is -0.650. The van der Waals surface area contributed by atoms with Gasteiger partial charge in [-0.25, -0.2) is 0 Å². The smallest absolute Gasteiger partial charge is 0.320 e. The number of nitrogens with two attached hydrogens (primary N) is 1. The second-order valence-electron chi connectivity index (χ2n) is 2.69. The first-order chi connectivity index (χ1) is 5.54. The number of rotatable bonds is 5. The maximum atomic E-state index is 10.4. The van der Waals surface area contributed by atoms with Gasteiger partial charge in [0.2, 0.25) is 0 Å². The normalized spacial score (nSPS) is 18.3. The number of aliphatic hydroxyl groups is 2. The van der Waals surface area contributed by atoms with Gasteiger partial charge in [0, 0.05) is 5.92 Å². The molecule has 0 unspecified atom stereocenters. The summed E-state index contributed by atoms with van der Waals surface area (Å²) in [5.41, 5.74) is 5.23. The van der Waals surface area contributed by atoms with Crippen molar-refractivity contribution in [3.05, 3.63) is 0 Å². The average molecular weight is 177 g/mol. The molecule has 5 N–H and O–H groups in total. The molecule has 5 nitrogen and oxygen atoms in total. The van der Waals surface area contributed by atoms with E-state index in [0.717, 1.165) is 0 Å². The first-order valence-electron chi connectivity index (χ1n) is 3.81. The van der Waals surface area contributed by atoms with Crippen molar-refractivity contribution in [3.63, 3.8) is 0 Å². The molecule has 5 heteroatoms. The lowest BCUT2D eigenvalue weighted by Crippen LogP contribution is -2.45. The van der Waals surface area contributed by atoms with E-state index in [1.165, 1.54) is 0 Å². The molecule has 0 rings (SSSR count). The van der Waals surface area contributed by atoms with E-state index in [1.54, 1.807) is 6.92 Å². The lowest BCUT2D eigenvalue weighted by Gasteiger charge is -2.22. The standard InChI is InChI=1S/C7H15NO4/c1-2-5(10)4(3-9)6(8)7(11)12/h4-6,9-10H,2-3,8H2,1H3,(H,11,12)/t4-,5+,6-/m0/s1. The Kier molecular flexibility index (Phi) is 4.80. The molecule has 3 atom stereocenters. The van der Waals surface area contributed by atoms with Crippen LogP contribution in [-0.2, 0) is 4.79 Å². The number of carboxylic acids is 1. The lowest BCUT2D eigenvalue weighted by molar-refractivity contribution is -0.141. The van der Waals surface area contributed by atoms with Crippen LogP contribution >= 0.6 is 0 Å². The Labute approximate surface area is 70.8 Å². The van der Waals surface area contributed by atoms with Crippen LogP contribution in [0.2, 0.25) is 0 Å². The van der Waals surface area contributed by atoms with E-state index < -0.39 is 30.6 Å². The SMILES string of the molecule is CC[C@@H](O)[C@H](CO)[C@H](N)C(=O)O. The van der Waals surface area contributed by atoms with Crippen molar-refractivity contribution < 1.29 is 20.1 Å². The molecule has 72 valence electrons. The third kappa shape index (κ3) is 2.77. The van der Waals surface area contributed by atoms with Crippen LogP contribution in [0.4, 0.5) is 0 Å². The highest BCUT2D eigenvalue weighted by atomic mass is 16.4. The zero-order valence-electron chi connectivity index (χ0n) is 6.97. The van der Waals surface area contributed by atoms with Crippen molar-refractivity contribution in [1.29, 1.82) is 0 Å². The lowest BCUT2D eigenvalue weighted by atomic mass is 9.93. The van der Waals surface area contributed by atoms with Crippen molar-refractivity contribution in [2.75, 3.05) is 6.61 Å². The molecule has 12 heavy (non-hydrogen) atoms. The van der Waals surface area contributed by atoms with Crippen LogP contribution in [0.15, 0.2) is 0 Å². The molecule has 0 aromatic rings. The molecule has 0 spiro atoms. The van der Waals surface area contributed by atoms with E-state index in [2.05, 4.69) is 0 Å². The summed E-state index contributed by atoms with van der Waals surface area (Å²) in [6, 6.07) is -1.20. The van der Waals surface area contributed by atoms with Gasteiger partial charge in [0.15, 0.2) is 0 Å². The molecule has 0 bridgehead atoms. The molecule has 0 aromatic heterocycles. The summed E-state index contributed by atoms with van der Waals surface area (Å²) in [6.45, 7) is 1.28. The molecular weight excluding hydrogens is 162 g/mol. The van der Waals surface area contributed by atoms with Crippen LogP contribution in [-0.4, -0.2) is 40.0 Å². The zero-order valence-corrected chi connectivity index (χ0v) is 6.97. The van der Waals surface area contributed by atoms with Crippen molar-refractivity contribution in [2.24, 2.45) is 11.7 Å². The first-order valence-corrected chi connectivity index (χ1v) is 3.81. The van der Waals surface area contributed by atoms with E-state index in [4.69, 9.17) is 15.9 Å². The summed E-state index contributed by atoms with van der Waals surface area (Å²) in [7, 11) is 0. The minimum atomic E-state index is -1.21. The van der Waals surface area contributed by atoms with Gasteiger partial charge in [-0.3, -0.25) is 4.79 Å². The van der Waals surface area contributed by atoms with Crippen LogP contribution in [0.3, 0.4) is 0 Å². The fourth-order valence-electron chi connectivity index (χ4n) is 0.960. The third-order valence-electron chi connectivity index (χ3n) is 1.87. The zero-order chi connectivity index (χ0) is 9.72. The second-order valence-corrected chi connectivity index (χ2v) is 2.69. The summed E-state index contributed by atoms with van der Waals surface area (Å²) in [5, 5.41) is 26.5. The van der Waals surface area contributed by atoms with Gasteiger partial charge < -0.3 is 21.1 Å². The molecule has 0 saturated carbocycles. The molecule has 0 aliphatic rings. The molecule has 0 aliphatic carbocycles. The summed E-state index contributed by atoms with van der Waals surface area (Å²) in [6.07, 6.45) is -0.479. The van der Waals surface area contributed by atoms with Gasteiger partial charge in [-0.05, 0) is 6.42 Å². The van der Waals surface area contributed by atoms with Crippen LogP contribution in [0.5, 0.6) is 0 Å². The highest BCUT2D eigenvalue weighted by Gasteiger charge is 2.28. The van der Waals surface area contributed by atoms with Crippen molar-refractivity contribution in [3.8, 4) is 0 Å². The topological polar surface area (TPSA) is 104 Å². The van der Waals surface area contributed by atoms with Crippen molar-refractivity contribution >= 4 is 5.97 Å². The number of hydrogen-bond acceptors (Lipinski definition) is 4. The van der Waals surface area contributed by atoms with E-state index in [-0.39, 0.29) is 0 Å². The van der Waals surface area contributed by atoms with Gasteiger partial charge in [-0.15, -0.1) is 0 Å². The molecular formula is C7H15NO4. The van der Waals surface area contributed by atoms with Gasteiger partial charge in [0.25, 0.3) is 0 Å². The van der Waals surface area contributed by atoms with Crippen molar-refractivity contribution in [2.45, 2.75) is 25.5 Å². The predicted molar refractivity (Wildman–Crippen MR) is 42.5 cm³/mol. The van der Waals surface area contributed by atoms with Gasteiger partial charge >= 0.3 is 5.97 Å². The predicted octanol–water partition coefficient (Wildman–Crippen LogP) is -1.22. The highest BCUT2D eigenvalue weighted by molar-refractivity contribution is 5.73. The molecule has 0 fully saturated rings.